The van der Waals surface area contributed by atoms with Crippen LogP contribution in [0.5, 0.6) is 11.5 Å². The van der Waals surface area contributed by atoms with E-state index in [0.717, 1.165) is 12.8 Å². The Morgan fingerprint density at radius 1 is 1.24 bits per heavy atom. The van der Waals surface area contributed by atoms with E-state index >= 15 is 0 Å². The van der Waals surface area contributed by atoms with Crippen LogP contribution in [0.4, 0.5) is 0 Å². The van der Waals surface area contributed by atoms with Crippen LogP contribution >= 0.6 is 0 Å². The Labute approximate surface area is 100 Å². The van der Waals surface area contributed by atoms with Gasteiger partial charge in [0.25, 0.3) is 0 Å². The molecule has 2 rings (SSSR count). The quantitative estimate of drug-likeness (QED) is 0.753. The fraction of sp³-hybridized carbons (Fsp3) is 0.462. The number of benzene rings is 1. The van der Waals surface area contributed by atoms with E-state index in [4.69, 9.17) is 9.47 Å². The average Bonchev–Trinajstić information content (AvgIpc) is 3.06. The molecule has 0 unspecified atom stereocenters. The summed E-state index contributed by atoms with van der Waals surface area (Å²) >= 11 is 0. The molecule has 0 bridgehead atoms. The average molecular weight is 236 g/mol. The van der Waals surface area contributed by atoms with Crippen LogP contribution in [0.25, 0.3) is 0 Å². The zero-order valence-corrected chi connectivity index (χ0v) is 10.3. The van der Waals surface area contributed by atoms with Crippen molar-refractivity contribution in [3.63, 3.8) is 0 Å². The highest BCUT2D eigenvalue weighted by Crippen LogP contribution is 2.42. The summed E-state index contributed by atoms with van der Waals surface area (Å²) in [6, 6.07) is 5.05. The second kappa shape index (κ2) is 4.28. The van der Waals surface area contributed by atoms with Crippen molar-refractivity contribution in [2.75, 3.05) is 14.2 Å². The van der Waals surface area contributed by atoms with Crippen LogP contribution in [-0.2, 0) is 4.74 Å². The molecule has 0 atom stereocenters. The van der Waals surface area contributed by atoms with Crippen molar-refractivity contribution in [3.8, 4) is 11.5 Å². The zero-order chi connectivity index (χ0) is 12.5. The van der Waals surface area contributed by atoms with Crippen molar-refractivity contribution in [2.45, 2.75) is 25.4 Å². The Bertz CT molecular complexity index is 435. The molecule has 1 aromatic carbocycles. The van der Waals surface area contributed by atoms with Gasteiger partial charge < -0.3 is 14.2 Å². The summed E-state index contributed by atoms with van der Waals surface area (Å²) in [6.45, 7) is 2.06. The maximum Gasteiger partial charge on any atom is 0.337 e. The van der Waals surface area contributed by atoms with Gasteiger partial charge in [-0.2, -0.15) is 0 Å². The lowest BCUT2D eigenvalue weighted by Gasteiger charge is -2.16. The van der Waals surface area contributed by atoms with Crippen molar-refractivity contribution in [1.82, 2.24) is 0 Å². The molecular weight excluding hydrogens is 220 g/mol. The van der Waals surface area contributed by atoms with Gasteiger partial charge in [-0.3, -0.25) is 0 Å². The van der Waals surface area contributed by atoms with Gasteiger partial charge in [0.15, 0.2) is 11.5 Å². The highest BCUT2D eigenvalue weighted by Gasteiger charge is 2.40. The fourth-order valence-corrected chi connectivity index (χ4v) is 1.54. The number of methoxy groups -OCH3 is 2. The van der Waals surface area contributed by atoms with Gasteiger partial charge >= 0.3 is 5.97 Å². The first-order valence-corrected chi connectivity index (χ1v) is 5.53. The minimum absolute atomic E-state index is 0.0694. The predicted molar refractivity (Wildman–Crippen MR) is 62.6 cm³/mol. The molecule has 1 aromatic rings. The molecule has 0 N–H and O–H groups in total. The standard InChI is InChI=1S/C13H16O4/c1-13(6-7-13)17-10-5-4-9(12(14)16-3)8-11(10)15-2/h4-5,8H,6-7H2,1-3H3. The van der Waals surface area contributed by atoms with Crippen molar-refractivity contribution < 1.29 is 19.0 Å². The highest BCUT2D eigenvalue weighted by atomic mass is 16.5. The predicted octanol–water partition coefficient (Wildman–Crippen LogP) is 2.41. The summed E-state index contributed by atoms with van der Waals surface area (Å²) in [5.74, 6) is 0.841. The Morgan fingerprint density at radius 3 is 2.47 bits per heavy atom. The molecule has 0 amide bonds. The number of hydrogen-bond donors (Lipinski definition) is 0. The largest absolute Gasteiger partial charge is 0.493 e. The number of carbonyl (C=O) groups excluding carboxylic acids is 1. The van der Waals surface area contributed by atoms with Gasteiger partial charge in [0, 0.05) is 0 Å². The molecule has 0 spiro atoms. The molecule has 4 nitrogen and oxygen atoms in total. The molecule has 17 heavy (non-hydrogen) atoms. The van der Waals surface area contributed by atoms with E-state index in [9.17, 15) is 4.79 Å². The van der Waals surface area contributed by atoms with Gasteiger partial charge in [-0.1, -0.05) is 0 Å². The van der Waals surface area contributed by atoms with Gasteiger partial charge in [-0.15, -0.1) is 0 Å². The van der Waals surface area contributed by atoms with Crippen molar-refractivity contribution in [3.05, 3.63) is 23.8 Å². The Balaban J connectivity index is 2.25. The smallest absolute Gasteiger partial charge is 0.337 e. The molecule has 1 saturated carbocycles. The van der Waals surface area contributed by atoms with E-state index in [1.165, 1.54) is 7.11 Å². The summed E-state index contributed by atoms with van der Waals surface area (Å²) in [5, 5.41) is 0. The molecule has 4 heteroatoms. The summed E-state index contributed by atoms with van der Waals surface area (Å²) < 4.78 is 15.7. The van der Waals surface area contributed by atoms with E-state index in [0.29, 0.717) is 17.1 Å². The molecule has 0 saturated heterocycles. The summed E-state index contributed by atoms with van der Waals surface area (Å²) in [6.07, 6.45) is 2.10. The minimum Gasteiger partial charge on any atom is -0.493 e. The lowest BCUT2D eigenvalue weighted by atomic mass is 10.2. The van der Waals surface area contributed by atoms with Crippen molar-refractivity contribution >= 4 is 5.97 Å². The van der Waals surface area contributed by atoms with E-state index in [1.807, 2.05) is 0 Å². The van der Waals surface area contributed by atoms with Crippen LogP contribution in [0.1, 0.15) is 30.1 Å². The number of hydrogen-bond acceptors (Lipinski definition) is 4. The van der Waals surface area contributed by atoms with Gasteiger partial charge in [0.05, 0.1) is 19.8 Å². The Kier molecular flexibility index (Phi) is 2.96. The highest BCUT2D eigenvalue weighted by molar-refractivity contribution is 5.90. The van der Waals surface area contributed by atoms with E-state index in [1.54, 1.807) is 25.3 Å². The third-order valence-corrected chi connectivity index (χ3v) is 2.90. The maximum absolute atomic E-state index is 11.4. The first-order chi connectivity index (χ1) is 8.08. The second-order valence-corrected chi connectivity index (χ2v) is 4.41. The van der Waals surface area contributed by atoms with E-state index in [2.05, 4.69) is 11.7 Å². The zero-order valence-electron chi connectivity index (χ0n) is 10.3. The number of esters is 1. The first-order valence-electron chi connectivity index (χ1n) is 5.53. The van der Waals surface area contributed by atoms with Crippen LogP contribution in [0.3, 0.4) is 0 Å². The fourth-order valence-electron chi connectivity index (χ4n) is 1.54. The molecular formula is C13H16O4. The summed E-state index contributed by atoms with van der Waals surface area (Å²) in [7, 11) is 2.91. The van der Waals surface area contributed by atoms with Crippen molar-refractivity contribution in [2.24, 2.45) is 0 Å². The normalized spacial score (nSPS) is 16.2. The lowest BCUT2D eigenvalue weighted by Crippen LogP contribution is -2.13. The molecule has 1 fully saturated rings. The number of carbonyl (C=O) groups is 1. The van der Waals surface area contributed by atoms with Gasteiger partial charge in [-0.05, 0) is 38.0 Å². The molecule has 0 aromatic heterocycles. The first kappa shape index (κ1) is 11.8. The topological polar surface area (TPSA) is 44.8 Å². The maximum atomic E-state index is 11.4. The van der Waals surface area contributed by atoms with Crippen LogP contribution in [0, 0.1) is 0 Å². The molecule has 1 aliphatic carbocycles. The summed E-state index contributed by atoms with van der Waals surface area (Å²) in [5.41, 5.74) is 0.387. The Hall–Kier alpha value is -1.71. The molecule has 0 heterocycles. The number of ether oxygens (including phenoxy) is 3. The number of rotatable bonds is 4. The second-order valence-electron chi connectivity index (χ2n) is 4.41. The SMILES string of the molecule is COC(=O)c1ccc(OC2(C)CC2)c(OC)c1. The lowest BCUT2D eigenvalue weighted by molar-refractivity contribution is 0.0600. The Morgan fingerprint density at radius 2 is 1.94 bits per heavy atom. The molecule has 0 radical (unpaired) electrons. The summed E-state index contributed by atoms with van der Waals surface area (Å²) in [4.78, 5) is 11.4. The van der Waals surface area contributed by atoms with Crippen LogP contribution in [0.2, 0.25) is 0 Å². The van der Waals surface area contributed by atoms with Crippen LogP contribution < -0.4 is 9.47 Å². The van der Waals surface area contributed by atoms with Gasteiger partial charge in [-0.25, -0.2) is 4.79 Å². The molecule has 92 valence electrons. The third-order valence-electron chi connectivity index (χ3n) is 2.90. The van der Waals surface area contributed by atoms with E-state index in [-0.39, 0.29) is 11.6 Å². The van der Waals surface area contributed by atoms with Gasteiger partial charge in [0.2, 0.25) is 0 Å². The molecule has 0 aliphatic heterocycles. The van der Waals surface area contributed by atoms with Crippen LogP contribution in [-0.4, -0.2) is 25.8 Å². The van der Waals surface area contributed by atoms with Crippen molar-refractivity contribution in [1.29, 1.82) is 0 Å². The molecule has 1 aliphatic rings. The minimum atomic E-state index is -0.382. The monoisotopic (exact) mass is 236 g/mol. The van der Waals surface area contributed by atoms with E-state index < -0.39 is 0 Å². The van der Waals surface area contributed by atoms with Gasteiger partial charge in [0.1, 0.15) is 5.60 Å². The van der Waals surface area contributed by atoms with Crippen LogP contribution in [0.15, 0.2) is 18.2 Å². The third kappa shape index (κ3) is 2.52.